The van der Waals surface area contributed by atoms with E-state index in [1.54, 1.807) is 31.1 Å². The summed E-state index contributed by atoms with van der Waals surface area (Å²) in [5, 5.41) is 10.6. The Balaban J connectivity index is 1.85. The van der Waals surface area contributed by atoms with E-state index in [1.165, 1.54) is 36.4 Å². The fourth-order valence-corrected chi connectivity index (χ4v) is 2.05. The molecule has 0 atom stereocenters. The van der Waals surface area contributed by atoms with E-state index in [4.69, 9.17) is 9.47 Å². The second-order valence-corrected chi connectivity index (χ2v) is 5.70. The highest BCUT2D eigenvalue weighted by Crippen LogP contribution is 2.18. The monoisotopic (exact) mass is 358 g/mol. The number of likely N-dealkylation sites (N-methyl/N-ethyl adjacent to an activating group) is 1. The van der Waals surface area contributed by atoms with Crippen molar-refractivity contribution in [1.82, 2.24) is 4.90 Å². The van der Waals surface area contributed by atoms with Crippen LogP contribution in [0.1, 0.15) is 10.4 Å². The normalized spacial score (nSPS) is 10.4. The summed E-state index contributed by atoms with van der Waals surface area (Å²) >= 11 is 0. The smallest absolute Gasteiger partial charge is 0.349 e. The average Bonchev–Trinajstić information content (AvgIpc) is 2.60. The molecule has 0 heterocycles. The first-order valence-corrected chi connectivity index (χ1v) is 7.71. The van der Waals surface area contributed by atoms with Gasteiger partial charge in [-0.2, -0.15) is 0 Å². The van der Waals surface area contributed by atoms with Crippen molar-refractivity contribution in [3.8, 4) is 11.5 Å². The molecule has 0 fully saturated rings. The molecule has 0 saturated carbocycles. The van der Waals surface area contributed by atoms with Crippen molar-refractivity contribution in [2.45, 2.75) is 0 Å². The van der Waals surface area contributed by atoms with Crippen LogP contribution in [0.3, 0.4) is 0 Å². The van der Waals surface area contributed by atoms with E-state index in [2.05, 4.69) is 0 Å². The van der Waals surface area contributed by atoms with Crippen LogP contribution in [0.5, 0.6) is 11.5 Å². The number of rotatable bonds is 8. The lowest BCUT2D eigenvalue weighted by atomic mass is 10.1. The lowest BCUT2D eigenvalue weighted by molar-refractivity contribution is -0.384. The van der Waals surface area contributed by atoms with Gasteiger partial charge in [-0.3, -0.25) is 14.9 Å². The predicted molar refractivity (Wildman–Crippen MR) is 93.6 cm³/mol. The summed E-state index contributed by atoms with van der Waals surface area (Å²) in [4.78, 5) is 35.5. The number of ketones is 1. The van der Waals surface area contributed by atoms with E-state index in [9.17, 15) is 19.7 Å². The Kier molecular flexibility index (Phi) is 6.40. The summed E-state index contributed by atoms with van der Waals surface area (Å²) in [6.07, 6.45) is 0. The third kappa shape index (κ3) is 5.67. The molecule has 136 valence electrons. The number of esters is 1. The zero-order chi connectivity index (χ0) is 19.1. The largest absolute Gasteiger partial charge is 0.482 e. The quantitative estimate of drug-likeness (QED) is 0.235. The Labute approximate surface area is 150 Å². The van der Waals surface area contributed by atoms with Crippen molar-refractivity contribution >= 4 is 17.4 Å². The first-order valence-electron chi connectivity index (χ1n) is 7.71. The number of benzene rings is 2. The minimum atomic E-state index is -0.629. The highest BCUT2D eigenvalue weighted by Gasteiger charge is 2.10. The third-order valence-corrected chi connectivity index (χ3v) is 3.27. The molecule has 8 heteroatoms. The van der Waals surface area contributed by atoms with Crippen LogP contribution in [0.25, 0.3) is 0 Å². The number of non-ortho nitro benzene ring substituents is 1. The number of hydrogen-bond donors (Lipinski definition) is 0. The molecule has 0 spiro atoms. The summed E-state index contributed by atoms with van der Waals surface area (Å²) in [5.41, 5.74) is 0.462. The highest BCUT2D eigenvalue weighted by atomic mass is 16.6. The molecule has 2 aromatic carbocycles. The molecule has 0 N–H and O–H groups in total. The Morgan fingerprint density at radius 1 is 1.00 bits per heavy atom. The summed E-state index contributed by atoms with van der Waals surface area (Å²) in [6, 6.07) is 11.6. The lowest BCUT2D eigenvalue weighted by Gasteiger charge is -2.09. The van der Waals surface area contributed by atoms with E-state index in [0.29, 0.717) is 23.6 Å². The number of carbonyl (C=O) groups excluding carboxylic acids is 2. The maximum atomic E-state index is 11.9. The van der Waals surface area contributed by atoms with Gasteiger partial charge in [0.1, 0.15) is 11.5 Å². The molecule has 8 nitrogen and oxygen atoms in total. The van der Waals surface area contributed by atoms with Crippen LogP contribution in [0, 0.1) is 10.1 Å². The molecule has 0 aliphatic heterocycles. The number of hydrogen-bond acceptors (Lipinski definition) is 7. The molecule has 0 amide bonds. The van der Waals surface area contributed by atoms with Crippen molar-refractivity contribution in [3.63, 3.8) is 0 Å². The van der Waals surface area contributed by atoms with Crippen LogP contribution in [0.4, 0.5) is 5.69 Å². The number of nitro benzene ring substituents is 1. The van der Waals surface area contributed by atoms with Crippen LogP contribution >= 0.6 is 0 Å². The molecule has 0 saturated heterocycles. The molecule has 26 heavy (non-hydrogen) atoms. The second kappa shape index (κ2) is 8.72. The van der Waals surface area contributed by atoms with E-state index >= 15 is 0 Å². The molecule has 0 aliphatic carbocycles. The number of Topliss-reactive ketones (excluding diaryl/α,β-unsaturated/α-hetero) is 1. The molecular weight excluding hydrogens is 340 g/mol. The van der Waals surface area contributed by atoms with Crippen LogP contribution < -0.4 is 9.47 Å². The van der Waals surface area contributed by atoms with E-state index < -0.39 is 10.9 Å². The van der Waals surface area contributed by atoms with Gasteiger partial charge in [0.2, 0.25) is 0 Å². The minimum absolute atomic E-state index is 0.0330. The number of ether oxygens (including phenoxy) is 2. The van der Waals surface area contributed by atoms with Crippen LogP contribution in [-0.2, 0) is 4.79 Å². The van der Waals surface area contributed by atoms with Crippen molar-refractivity contribution in [1.29, 1.82) is 0 Å². The summed E-state index contributed by atoms with van der Waals surface area (Å²) in [7, 11) is 3.61. The molecule has 0 unspecified atom stereocenters. The average molecular weight is 358 g/mol. The molecule has 2 rings (SSSR count). The Hall–Kier alpha value is -3.26. The lowest BCUT2D eigenvalue weighted by Crippen LogP contribution is -2.21. The molecule has 0 aromatic heterocycles. The third-order valence-electron chi connectivity index (χ3n) is 3.27. The van der Waals surface area contributed by atoms with Crippen LogP contribution in [0.2, 0.25) is 0 Å². The fourth-order valence-electron chi connectivity index (χ4n) is 2.05. The van der Waals surface area contributed by atoms with E-state index in [0.717, 1.165) is 0 Å². The van der Waals surface area contributed by atoms with Gasteiger partial charge in [-0.1, -0.05) is 0 Å². The zero-order valence-electron chi connectivity index (χ0n) is 14.4. The Bertz CT molecular complexity index is 784. The van der Waals surface area contributed by atoms with Gasteiger partial charge in [0.15, 0.2) is 12.4 Å². The maximum absolute atomic E-state index is 11.9. The number of carbonyl (C=O) groups is 2. The molecular formula is C18H18N2O6. The van der Waals surface area contributed by atoms with Crippen molar-refractivity contribution in [2.24, 2.45) is 0 Å². The molecule has 0 bridgehead atoms. The maximum Gasteiger partial charge on any atom is 0.349 e. The van der Waals surface area contributed by atoms with E-state index in [1.807, 2.05) is 0 Å². The van der Waals surface area contributed by atoms with Crippen LogP contribution in [-0.4, -0.2) is 48.8 Å². The van der Waals surface area contributed by atoms with Gasteiger partial charge in [-0.25, -0.2) is 4.79 Å². The molecule has 0 radical (unpaired) electrons. The van der Waals surface area contributed by atoms with Crippen LogP contribution in [0.15, 0.2) is 48.5 Å². The van der Waals surface area contributed by atoms with Gasteiger partial charge in [-0.05, 0) is 50.5 Å². The first-order chi connectivity index (χ1) is 12.3. The topological polar surface area (TPSA) is 99.0 Å². The van der Waals surface area contributed by atoms with Gasteiger partial charge < -0.3 is 14.4 Å². The Morgan fingerprint density at radius 2 is 1.58 bits per heavy atom. The van der Waals surface area contributed by atoms with Crippen molar-refractivity contribution < 1.29 is 24.0 Å². The standard InChI is InChI=1S/C18H18N2O6/c1-19(2)11-17(21)13-3-7-16(8-4-13)26-18(22)12-25-15-9-5-14(6-10-15)20(23)24/h3-10H,11-12H2,1-2H3. The van der Waals surface area contributed by atoms with Gasteiger partial charge >= 0.3 is 5.97 Å². The van der Waals surface area contributed by atoms with Gasteiger partial charge in [-0.15, -0.1) is 0 Å². The van der Waals surface area contributed by atoms with E-state index in [-0.39, 0.29) is 18.1 Å². The second-order valence-electron chi connectivity index (χ2n) is 5.70. The number of nitro groups is 1. The fraction of sp³-hybridized carbons (Fsp3) is 0.222. The number of nitrogens with zero attached hydrogens (tertiary/aromatic N) is 2. The highest BCUT2D eigenvalue weighted by molar-refractivity contribution is 5.97. The predicted octanol–water partition coefficient (Wildman–Crippen LogP) is 2.32. The SMILES string of the molecule is CN(C)CC(=O)c1ccc(OC(=O)COc2ccc([N+](=O)[O-])cc2)cc1. The summed E-state index contributed by atoms with van der Waals surface area (Å²) in [5.74, 6) is -0.0500. The molecule has 2 aromatic rings. The van der Waals surface area contributed by atoms with Crippen molar-refractivity contribution in [3.05, 3.63) is 64.2 Å². The minimum Gasteiger partial charge on any atom is -0.482 e. The Morgan fingerprint density at radius 3 is 2.12 bits per heavy atom. The summed E-state index contributed by atoms with van der Waals surface area (Å²) < 4.78 is 10.3. The molecule has 0 aliphatic rings. The zero-order valence-corrected chi connectivity index (χ0v) is 14.4. The van der Waals surface area contributed by atoms with Crippen molar-refractivity contribution in [2.75, 3.05) is 27.2 Å². The van der Waals surface area contributed by atoms with Gasteiger partial charge in [0.25, 0.3) is 5.69 Å². The first kappa shape index (κ1) is 19.1. The summed E-state index contributed by atoms with van der Waals surface area (Å²) in [6.45, 7) is -0.0542. The van der Waals surface area contributed by atoms with Gasteiger partial charge in [0, 0.05) is 17.7 Å². The van der Waals surface area contributed by atoms with Gasteiger partial charge in [0.05, 0.1) is 11.5 Å².